The lowest BCUT2D eigenvalue weighted by molar-refractivity contribution is 0.174. The van der Waals surface area contributed by atoms with Gasteiger partial charge in [0.05, 0.1) is 0 Å². The van der Waals surface area contributed by atoms with Gasteiger partial charge in [-0.05, 0) is 34.4 Å². The summed E-state index contributed by atoms with van der Waals surface area (Å²) in [5, 5.41) is 0. The lowest BCUT2D eigenvalue weighted by Crippen LogP contribution is -1.92. The van der Waals surface area contributed by atoms with Crippen LogP contribution in [0.1, 0.15) is 11.1 Å². The third-order valence-electron chi connectivity index (χ3n) is 3.46. The zero-order valence-electron chi connectivity index (χ0n) is 10.3. The normalized spacial score (nSPS) is 17.9. The SMILES string of the molecule is C1=C\c2ccccc2-c2cc3c(cc2\C=C/1)OCO3. The van der Waals surface area contributed by atoms with E-state index in [2.05, 4.69) is 54.6 Å². The van der Waals surface area contributed by atoms with Gasteiger partial charge in [-0.25, -0.2) is 0 Å². The topological polar surface area (TPSA) is 18.5 Å². The fourth-order valence-electron chi connectivity index (χ4n) is 2.53. The molecule has 0 bridgehead atoms. The molecule has 0 atom stereocenters. The van der Waals surface area contributed by atoms with Crippen LogP contribution < -0.4 is 9.47 Å². The molecule has 1 aliphatic heterocycles. The van der Waals surface area contributed by atoms with Gasteiger partial charge in [-0.2, -0.15) is 0 Å². The Hall–Kier alpha value is -2.48. The van der Waals surface area contributed by atoms with Crippen LogP contribution in [0.4, 0.5) is 0 Å². The molecule has 0 radical (unpaired) electrons. The number of hydrogen-bond acceptors (Lipinski definition) is 2. The van der Waals surface area contributed by atoms with E-state index in [4.69, 9.17) is 9.47 Å². The summed E-state index contributed by atoms with van der Waals surface area (Å²) >= 11 is 0. The first-order chi connectivity index (χ1) is 9.42. The second-order valence-electron chi connectivity index (χ2n) is 4.60. The average molecular weight is 248 g/mol. The Kier molecular flexibility index (Phi) is 2.21. The van der Waals surface area contributed by atoms with Crippen LogP contribution in [-0.2, 0) is 0 Å². The van der Waals surface area contributed by atoms with Crippen LogP contribution in [0.25, 0.3) is 23.3 Å². The summed E-state index contributed by atoms with van der Waals surface area (Å²) in [7, 11) is 0. The van der Waals surface area contributed by atoms with E-state index in [0.29, 0.717) is 6.79 Å². The summed E-state index contributed by atoms with van der Waals surface area (Å²) in [5.74, 6) is 1.65. The van der Waals surface area contributed by atoms with Gasteiger partial charge in [0, 0.05) is 0 Å². The summed E-state index contributed by atoms with van der Waals surface area (Å²) in [5.41, 5.74) is 4.77. The summed E-state index contributed by atoms with van der Waals surface area (Å²) in [6.07, 6.45) is 8.34. The van der Waals surface area contributed by atoms with Crippen molar-refractivity contribution in [3.05, 3.63) is 59.7 Å². The first-order valence-electron chi connectivity index (χ1n) is 6.29. The molecule has 0 N–H and O–H groups in total. The fourth-order valence-corrected chi connectivity index (χ4v) is 2.53. The standard InChI is InChI=1S/C17H12O2/c1-2-7-13-9-16-17(19-11-18-16)10-15(13)14-8-4-3-6-12(14)5-1/h1-10H,11H2/b2-1?,5-1-,7-2-,12-5?,13-7?,15-14?. The molecule has 2 aliphatic rings. The summed E-state index contributed by atoms with van der Waals surface area (Å²) in [6.45, 7) is 0.307. The molecule has 0 spiro atoms. The first-order valence-corrected chi connectivity index (χ1v) is 6.29. The van der Waals surface area contributed by atoms with Crippen LogP contribution in [0.3, 0.4) is 0 Å². The third kappa shape index (κ3) is 1.65. The quantitative estimate of drug-likeness (QED) is 0.698. The van der Waals surface area contributed by atoms with Gasteiger partial charge in [-0.1, -0.05) is 48.6 Å². The highest BCUT2D eigenvalue weighted by Crippen LogP contribution is 2.40. The van der Waals surface area contributed by atoms with E-state index < -0.39 is 0 Å². The molecule has 92 valence electrons. The van der Waals surface area contributed by atoms with E-state index in [1.807, 2.05) is 6.07 Å². The molecular formula is C17H12O2. The van der Waals surface area contributed by atoms with Gasteiger partial charge in [0.25, 0.3) is 0 Å². The highest BCUT2D eigenvalue weighted by atomic mass is 16.7. The van der Waals surface area contributed by atoms with Gasteiger partial charge in [-0.3, -0.25) is 0 Å². The van der Waals surface area contributed by atoms with Gasteiger partial charge in [0.1, 0.15) is 0 Å². The third-order valence-corrected chi connectivity index (χ3v) is 3.46. The maximum Gasteiger partial charge on any atom is 0.231 e. The summed E-state index contributed by atoms with van der Waals surface area (Å²) in [4.78, 5) is 0. The molecule has 0 aromatic heterocycles. The van der Waals surface area contributed by atoms with Crippen molar-refractivity contribution in [2.75, 3.05) is 6.79 Å². The molecule has 4 rings (SSSR count). The fraction of sp³-hybridized carbons (Fsp3) is 0.0588. The zero-order chi connectivity index (χ0) is 12.7. The minimum Gasteiger partial charge on any atom is -0.454 e. The molecule has 0 fully saturated rings. The summed E-state index contributed by atoms with van der Waals surface area (Å²) < 4.78 is 10.9. The van der Waals surface area contributed by atoms with Crippen LogP contribution in [0, 0.1) is 0 Å². The Morgan fingerprint density at radius 1 is 0.737 bits per heavy atom. The van der Waals surface area contributed by atoms with Crippen LogP contribution in [-0.4, -0.2) is 6.79 Å². The molecule has 2 heteroatoms. The van der Waals surface area contributed by atoms with E-state index in [9.17, 15) is 0 Å². The average Bonchev–Trinajstić information content (AvgIpc) is 2.88. The first kappa shape index (κ1) is 10.4. The van der Waals surface area contributed by atoms with Crippen molar-refractivity contribution < 1.29 is 9.47 Å². The Morgan fingerprint density at radius 2 is 1.47 bits per heavy atom. The van der Waals surface area contributed by atoms with Crippen LogP contribution in [0.2, 0.25) is 0 Å². The number of hydrogen-bond donors (Lipinski definition) is 0. The van der Waals surface area contributed by atoms with Crippen molar-refractivity contribution in [2.45, 2.75) is 0 Å². The Morgan fingerprint density at radius 3 is 2.37 bits per heavy atom. The van der Waals surface area contributed by atoms with Crippen molar-refractivity contribution in [2.24, 2.45) is 0 Å². The van der Waals surface area contributed by atoms with E-state index in [0.717, 1.165) is 17.1 Å². The summed E-state index contributed by atoms with van der Waals surface area (Å²) in [6, 6.07) is 12.5. The van der Waals surface area contributed by atoms with Crippen LogP contribution in [0.15, 0.2) is 48.6 Å². The number of fused-ring (bicyclic) bond motifs is 4. The Bertz CT molecular complexity index is 711. The monoisotopic (exact) mass is 248 g/mol. The molecule has 2 aromatic rings. The number of allylic oxidation sites excluding steroid dienone is 2. The molecule has 0 saturated carbocycles. The molecule has 0 amide bonds. The van der Waals surface area contributed by atoms with E-state index in [-0.39, 0.29) is 0 Å². The molecule has 0 saturated heterocycles. The van der Waals surface area contributed by atoms with E-state index >= 15 is 0 Å². The van der Waals surface area contributed by atoms with Gasteiger partial charge < -0.3 is 9.47 Å². The zero-order valence-corrected chi connectivity index (χ0v) is 10.3. The lowest BCUT2D eigenvalue weighted by atomic mass is 9.93. The minimum absolute atomic E-state index is 0.307. The lowest BCUT2D eigenvalue weighted by Gasteiger charge is -2.12. The van der Waals surface area contributed by atoms with Crippen molar-refractivity contribution >= 4 is 12.2 Å². The molecule has 0 unspecified atom stereocenters. The molecule has 1 heterocycles. The molecule has 2 aromatic carbocycles. The Labute approximate surface area is 111 Å². The van der Waals surface area contributed by atoms with Crippen LogP contribution >= 0.6 is 0 Å². The highest BCUT2D eigenvalue weighted by Gasteiger charge is 2.18. The number of ether oxygens (including phenoxy) is 2. The predicted molar refractivity (Wildman–Crippen MR) is 76.1 cm³/mol. The maximum atomic E-state index is 5.49. The van der Waals surface area contributed by atoms with Crippen LogP contribution in [0.5, 0.6) is 11.5 Å². The van der Waals surface area contributed by atoms with E-state index in [1.54, 1.807) is 0 Å². The smallest absolute Gasteiger partial charge is 0.231 e. The second-order valence-corrected chi connectivity index (χ2v) is 4.60. The van der Waals surface area contributed by atoms with E-state index in [1.165, 1.54) is 16.7 Å². The molecule has 1 aliphatic carbocycles. The van der Waals surface area contributed by atoms with Crippen molar-refractivity contribution in [3.63, 3.8) is 0 Å². The van der Waals surface area contributed by atoms with Gasteiger partial charge in [-0.15, -0.1) is 0 Å². The van der Waals surface area contributed by atoms with Gasteiger partial charge in [0.2, 0.25) is 6.79 Å². The largest absolute Gasteiger partial charge is 0.454 e. The number of rotatable bonds is 0. The Balaban J connectivity index is 2.03. The second kappa shape index (κ2) is 4.02. The van der Waals surface area contributed by atoms with Gasteiger partial charge >= 0.3 is 0 Å². The number of benzene rings is 2. The predicted octanol–water partition coefficient (Wildman–Crippen LogP) is 4.12. The molecule has 19 heavy (non-hydrogen) atoms. The maximum absolute atomic E-state index is 5.49. The van der Waals surface area contributed by atoms with Crippen molar-refractivity contribution in [1.29, 1.82) is 0 Å². The molecular weight excluding hydrogens is 236 g/mol. The van der Waals surface area contributed by atoms with Gasteiger partial charge in [0.15, 0.2) is 11.5 Å². The molecule has 2 nitrogen and oxygen atoms in total. The van der Waals surface area contributed by atoms with Crippen molar-refractivity contribution in [1.82, 2.24) is 0 Å². The minimum atomic E-state index is 0.307. The highest BCUT2D eigenvalue weighted by molar-refractivity contribution is 5.85. The van der Waals surface area contributed by atoms with Crippen molar-refractivity contribution in [3.8, 4) is 22.6 Å².